The van der Waals surface area contributed by atoms with Gasteiger partial charge in [0.2, 0.25) is 11.8 Å². The molecule has 1 amide bonds. The summed E-state index contributed by atoms with van der Waals surface area (Å²) in [6.45, 7) is 4.46. The van der Waals surface area contributed by atoms with Gasteiger partial charge in [0.15, 0.2) is 0 Å². The van der Waals surface area contributed by atoms with Crippen molar-refractivity contribution in [2.24, 2.45) is 0 Å². The fraction of sp³-hybridized carbons (Fsp3) is 0.480. The second-order valence-corrected chi connectivity index (χ2v) is 8.46. The zero-order valence-corrected chi connectivity index (χ0v) is 20.6. The molecule has 2 atom stereocenters. The molecule has 11 heteroatoms. The maximum absolute atomic E-state index is 12.7. The highest BCUT2D eigenvalue weighted by Gasteiger charge is 2.28. The van der Waals surface area contributed by atoms with Crippen molar-refractivity contribution in [2.45, 2.75) is 57.9 Å². The van der Waals surface area contributed by atoms with Crippen LogP contribution in [0.1, 0.15) is 66.9 Å². The van der Waals surface area contributed by atoms with Crippen LogP contribution in [0.4, 0.5) is 11.8 Å². The minimum atomic E-state index is -0.944. The van der Waals surface area contributed by atoms with Gasteiger partial charge in [0.05, 0.1) is 18.8 Å². The number of anilines is 2. The Balaban J connectivity index is 1.52. The van der Waals surface area contributed by atoms with E-state index in [1.54, 1.807) is 26.0 Å². The van der Waals surface area contributed by atoms with Crippen LogP contribution in [0.2, 0.25) is 0 Å². The average Bonchev–Trinajstić information content (AvgIpc) is 3.25. The SMILES string of the molecule is CCOC(=O)CC[C@H](NC(=O)c1ccc(CCCC2CNc3nc(N)nc(O)c32)cc1)C(=O)OCC. The molecule has 1 aromatic carbocycles. The number of nitrogen functional groups attached to an aromatic ring is 1. The van der Waals surface area contributed by atoms with Crippen LogP contribution in [0, 0.1) is 0 Å². The van der Waals surface area contributed by atoms with E-state index in [1.165, 1.54) is 0 Å². The molecule has 0 radical (unpaired) electrons. The van der Waals surface area contributed by atoms with E-state index < -0.39 is 23.9 Å². The van der Waals surface area contributed by atoms with E-state index in [-0.39, 0.29) is 43.8 Å². The third-order valence-corrected chi connectivity index (χ3v) is 5.92. The van der Waals surface area contributed by atoms with Crippen LogP contribution in [-0.2, 0) is 25.5 Å². The number of nitrogens with zero attached hydrogens (tertiary/aromatic N) is 2. The number of ether oxygens (including phenoxy) is 2. The van der Waals surface area contributed by atoms with Crippen molar-refractivity contribution in [2.75, 3.05) is 30.8 Å². The van der Waals surface area contributed by atoms with Crippen LogP contribution in [0.25, 0.3) is 0 Å². The Morgan fingerprint density at radius 3 is 2.58 bits per heavy atom. The predicted molar refractivity (Wildman–Crippen MR) is 132 cm³/mol. The lowest BCUT2D eigenvalue weighted by atomic mass is 9.95. The Morgan fingerprint density at radius 1 is 1.17 bits per heavy atom. The van der Waals surface area contributed by atoms with E-state index in [0.29, 0.717) is 23.5 Å². The van der Waals surface area contributed by atoms with Crippen molar-refractivity contribution >= 4 is 29.6 Å². The minimum absolute atomic E-state index is 0.00515. The molecule has 1 unspecified atom stereocenters. The molecule has 2 aromatic rings. The maximum atomic E-state index is 12.7. The summed E-state index contributed by atoms with van der Waals surface area (Å²) in [5, 5.41) is 16.0. The number of aryl methyl sites for hydroxylation is 1. The van der Waals surface area contributed by atoms with Gasteiger partial charge in [-0.3, -0.25) is 9.59 Å². The Hall–Kier alpha value is -3.89. The second-order valence-electron chi connectivity index (χ2n) is 8.46. The van der Waals surface area contributed by atoms with Gasteiger partial charge in [-0.1, -0.05) is 12.1 Å². The first-order valence-corrected chi connectivity index (χ1v) is 12.1. The number of carbonyl (C=O) groups is 3. The van der Waals surface area contributed by atoms with Gasteiger partial charge in [-0.25, -0.2) is 4.79 Å². The number of hydrogen-bond acceptors (Lipinski definition) is 10. The highest BCUT2D eigenvalue weighted by Crippen LogP contribution is 2.38. The monoisotopic (exact) mass is 499 g/mol. The lowest BCUT2D eigenvalue weighted by Crippen LogP contribution is -2.42. The van der Waals surface area contributed by atoms with Crippen LogP contribution in [-0.4, -0.2) is 58.7 Å². The molecule has 0 fully saturated rings. The van der Waals surface area contributed by atoms with Crippen molar-refractivity contribution < 1.29 is 29.0 Å². The maximum Gasteiger partial charge on any atom is 0.328 e. The first-order valence-electron chi connectivity index (χ1n) is 12.1. The topological polar surface area (TPSA) is 166 Å². The molecule has 11 nitrogen and oxygen atoms in total. The third kappa shape index (κ3) is 7.06. The molecule has 0 saturated heterocycles. The second kappa shape index (κ2) is 12.7. The largest absolute Gasteiger partial charge is 0.493 e. The van der Waals surface area contributed by atoms with E-state index in [1.807, 2.05) is 12.1 Å². The van der Waals surface area contributed by atoms with Gasteiger partial charge in [-0.15, -0.1) is 0 Å². The number of amides is 1. The van der Waals surface area contributed by atoms with Crippen molar-refractivity contribution in [3.05, 3.63) is 41.0 Å². The number of benzene rings is 1. The van der Waals surface area contributed by atoms with Crippen LogP contribution < -0.4 is 16.4 Å². The van der Waals surface area contributed by atoms with E-state index in [4.69, 9.17) is 15.2 Å². The minimum Gasteiger partial charge on any atom is -0.493 e. The number of hydrogen-bond donors (Lipinski definition) is 4. The lowest BCUT2D eigenvalue weighted by Gasteiger charge is -2.17. The van der Waals surface area contributed by atoms with Crippen molar-refractivity contribution in [3.8, 4) is 5.88 Å². The number of rotatable bonds is 12. The summed E-state index contributed by atoms with van der Waals surface area (Å²) in [4.78, 5) is 44.6. The van der Waals surface area contributed by atoms with E-state index in [2.05, 4.69) is 20.6 Å². The third-order valence-electron chi connectivity index (χ3n) is 5.92. The van der Waals surface area contributed by atoms with Gasteiger partial charge in [0.1, 0.15) is 11.9 Å². The van der Waals surface area contributed by atoms with Crippen molar-refractivity contribution in [1.82, 2.24) is 15.3 Å². The number of nitrogens with two attached hydrogens (primary N) is 1. The summed E-state index contributed by atoms with van der Waals surface area (Å²) in [5.41, 5.74) is 7.75. The molecule has 194 valence electrons. The lowest BCUT2D eigenvalue weighted by molar-refractivity contribution is -0.146. The normalized spacial score (nSPS) is 14.9. The summed E-state index contributed by atoms with van der Waals surface area (Å²) in [5.74, 6) is -0.805. The summed E-state index contributed by atoms with van der Waals surface area (Å²) < 4.78 is 9.93. The van der Waals surface area contributed by atoms with E-state index in [0.717, 1.165) is 24.8 Å². The fourth-order valence-electron chi connectivity index (χ4n) is 4.16. The molecular formula is C25H33N5O6. The van der Waals surface area contributed by atoms with Crippen molar-refractivity contribution in [3.63, 3.8) is 0 Å². The summed E-state index contributed by atoms with van der Waals surface area (Å²) in [6.07, 6.45) is 2.56. The number of aromatic hydroxyl groups is 1. The van der Waals surface area contributed by atoms with Gasteiger partial charge in [-0.05, 0) is 57.2 Å². The number of carbonyl (C=O) groups excluding carboxylic acids is 3. The number of esters is 2. The quantitative estimate of drug-likeness (QED) is 0.318. The Bertz CT molecular complexity index is 1080. The van der Waals surface area contributed by atoms with Gasteiger partial charge < -0.3 is 30.9 Å². The Morgan fingerprint density at radius 2 is 1.89 bits per heavy atom. The van der Waals surface area contributed by atoms with Gasteiger partial charge in [-0.2, -0.15) is 9.97 Å². The van der Waals surface area contributed by atoms with Gasteiger partial charge in [0, 0.05) is 24.4 Å². The summed E-state index contributed by atoms with van der Waals surface area (Å²) >= 11 is 0. The standard InChI is InChI=1S/C25H33N5O6/c1-3-35-19(31)13-12-18(24(34)36-4-2)28-22(32)16-10-8-15(9-11-16)6-5-7-17-14-27-21-20(17)23(33)30-25(26)29-21/h8-11,17-18H,3-7,12-14H2,1-2H3,(H,28,32)(H4,26,27,29,30,33)/t17?,18-/m0/s1. The number of fused-ring (bicyclic) bond motifs is 1. The predicted octanol–water partition coefficient (Wildman–Crippen LogP) is 2.30. The van der Waals surface area contributed by atoms with Crippen LogP contribution in [0.15, 0.2) is 24.3 Å². The smallest absolute Gasteiger partial charge is 0.328 e. The number of nitrogens with one attached hydrogen (secondary N) is 2. The molecule has 0 spiro atoms. The van der Waals surface area contributed by atoms with Gasteiger partial charge in [0.25, 0.3) is 5.91 Å². The molecular weight excluding hydrogens is 466 g/mol. The zero-order chi connectivity index (χ0) is 26.1. The van der Waals surface area contributed by atoms with E-state index >= 15 is 0 Å². The molecule has 0 saturated carbocycles. The van der Waals surface area contributed by atoms with Crippen LogP contribution in [0.5, 0.6) is 5.88 Å². The highest BCUT2D eigenvalue weighted by atomic mass is 16.5. The highest BCUT2D eigenvalue weighted by molar-refractivity contribution is 5.96. The first kappa shape index (κ1) is 26.7. The molecule has 3 rings (SSSR count). The van der Waals surface area contributed by atoms with Crippen LogP contribution in [0.3, 0.4) is 0 Å². The Kier molecular flexibility index (Phi) is 9.43. The molecule has 5 N–H and O–H groups in total. The average molecular weight is 500 g/mol. The summed E-state index contributed by atoms with van der Waals surface area (Å²) in [6, 6.07) is 6.20. The van der Waals surface area contributed by atoms with Gasteiger partial charge >= 0.3 is 11.9 Å². The number of aromatic nitrogens is 2. The molecule has 1 aliphatic heterocycles. The van der Waals surface area contributed by atoms with Crippen LogP contribution >= 0.6 is 0 Å². The molecule has 1 aromatic heterocycles. The van der Waals surface area contributed by atoms with E-state index in [9.17, 15) is 19.5 Å². The first-order chi connectivity index (χ1) is 17.3. The fourth-order valence-corrected chi connectivity index (χ4v) is 4.16. The van der Waals surface area contributed by atoms with Crippen molar-refractivity contribution in [1.29, 1.82) is 0 Å². The summed E-state index contributed by atoms with van der Waals surface area (Å²) in [7, 11) is 0. The molecule has 0 aliphatic carbocycles. The molecule has 2 heterocycles. The molecule has 36 heavy (non-hydrogen) atoms. The molecule has 0 bridgehead atoms. The Labute approximate surface area is 209 Å². The molecule has 1 aliphatic rings. The zero-order valence-electron chi connectivity index (χ0n) is 20.6.